The van der Waals surface area contributed by atoms with Crippen molar-refractivity contribution in [2.45, 2.75) is 58.7 Å². The van der Waals surface area contributed by atoms with Gasteiger partial charge in [-0.05, 0) is 48.7 Å². The highest BCUT2D eigenvalue weighted by Crippen LogP contribution is 2.20. The molecule has 0 spiro atoms. The number of nitrogens with zero attached hydrogens (tertiary/aromatic N) is 4. The molecule has 1 saturated carbocycles. The third-order valence-electron chi connectivity index (χ3n) is 4.39. The lowest BCUT2D eigenvalue weighted by Crippen LogP contribution is -2.36. The predicted octanol–water partition coefficient (Wildman–Crippen LogP) is 3.03. The molecule has 1 aliphatic rings. The number of aromatic nitrogens is 4. The minimum absolute atomic E-state index is 0.0785. The third kappa shape index (κ3) is 3.65. The van der Waals surface area contributed by atoms with Gasteiger partial charge in [0.15, 0.2) is 0 Å². The van der Waals surface area contributed by atoms with Crippen molar-refractivity contribution in [2.24, 2.45) is 0 Å². The molecular weight excluding hydrogens is 358 g/mol. The standard InChI is InChI=1S/C16H22BrN5O/c1-11-15(17)12(2)22(19-11)10-21-9-8-14(20-21)16(23)18-13-6-4-3-5-7-13/h8-9,13H,3-7,10H2,1-2H3,(H,18,23). The lowest BCUT2D eigenvalue weighted by atomic mass is 9.95. The fourth-order valence-electron chi connectivity index (χ4n) is 3.02. The van der Waals surface area contributed by atoms with Gasteiger partial charge in [-0.15, -0.1) is 0 Å². The lowest BCUT2D eigenvalue weighted by molar-refractivity contribution is 0.0921. The van der Waals surface area contributed by atoms with Crippen LogP contribution in [0.5, 0.6) is 0 Å². The van der Waals surface area contributed by atoms with E-state index in [1.54, 1.807) is 10.7 Å². The van der Waals surface area contributed by atoms with E-state index in [4.69, 9.17) is 0 Å². The van der Waals surface area contributed by atoms with Gasteiger partial charge >= 0.3 is 0 Å². The molecule has 1 N–H and O–H groups in total. The molecule has 2 aromatic heterocycles. The van der Waals surface area contributed by atoms with E-state index >= 15 is 0 Å². The quantitative estimate of drug-likeness (QED) is 0.887. The Morgan fingerprint density at radius 2 is 2.04 bits per heavy atom. The molecule has 7 heteroatoms. The van der Waals surface area contributed by atoms with Crippen LogP contribution >= 0.6 is 15.9 Å². The number of rotatable bonds is 4. The zero-order valence-electron chi connectivity index (χ0n) is 13.5. The summed E-state index contributed by atoms with van der Waals surface area (Å²) in [5, 5.41) is 11.9. The van der Waals surface area contributed by atoms with Crippen LogP contribution in [0.1, 0.15) is 54.0 Å². The largest absolute Gasteiger partial charge is 0.348 e. The van der Waals surface area contributed by atoms with Crippen LogP contribution in [0.15, 0.2) is 16.7 Å². The van der Waals surface area contributed by atoms with E-state index in [-0.39, 0.29) is 5.91 Å². The summed E-state index contributed by atoms with van der Waals surface area (Å²) >= 11 is 3.52. The molecule has 0 atom stereocenters. The molecule has 1 fully saturated rings. The van der Waals surface area contributed by atoms with Crippen LogP contribution in [0.25, 0.3) is 0 Å². The monoisotopic (exact) mass is 379 g/mol. The Balaban J connectivity index is 1.65. The Morgan fingerprint density at radius 3 is 2.70 bits per heavy atom. The molecule has 3 rings (SSSR count). The van der Waals surface area contributed by atoms with Gasteiger partial charge < -0.3 is 5.32 Å². The van der Waals surface area contributed by atoms with Gasteiger partial charge in [0.05, 0.1) is 15.9 Å². The molecule has 2 heterocycles. The number of hydrogen-bond donors (Lipinski definition) is 1. The minimum atomic E-state index is -0.0785. The van der Waals surface area contributed by atoms with Crippen LogP contribution in [-0.4, -0.2) is 31.5 Å². The van der Waals surface area contributed by atoms with E-state index < -0.39 is 0 Å². The van der Waals surface area contributed by atoms with Gasteiger partial charge in [0.1, 0.15) is 12.4 Å². The minimum Gasteiger partial charge on any atom is -0.348 e. The van der Waals surface area contributed by atoms with E-state index in [1.165, 1.54) is 19.3 Å². The van der Waals surface area contributed by atoms with Crippen LogP contribution < -0.4 is 5.32 Å². The molecule has 0 radical (unpaired) electrons. The highest BCUT2D eigenvalue weighted by atomic mass is 79.9. The van der Waals surface area contributed by atoms with Crippen molar-refractivity contribution in [3.05, 3.63) is 33.8 Å². The van der Waals surface area contributed by atoms with Crippen LogP contribution in [-0.2, 0) is 6.67 Å². The first kappa shape index (κ1) is 16.2. The second kappa shape index (κ2) is 6.86. The first-order valence-corrected chi connectivity index (χ1v) is 8.87. The van der Waals surface area contributed by atoms with E-state index in [2.05, 4.69) is 31.4 Å². The Bertz CT molecular complexity index is 699. The molecule has 6 nitrogen and oxygen atoms in total. The van der Waals surface area contributed by atoms with Crippen molar-refractivity contribution >= 4 is 21.8 Å². The zero-order chi connectivity index (χ0) is 16.4. The van der Waals surface area contributed by atoms with Gasteiger partial charge in [0, 0.05) is 12.2 Å². The van der Waals surface area contributed by atoms with Gasteiger partial charge in [-0.2, -0.15) is 10.2 Å². The maximum atomic E-state index is 12.3. The summed E-state index contributed by atoms with van der Waals surface area (Å²) in [7, 11) is 0. The van der Waals surface area contributed by atoms with Crippen molar-refractivity contribution in [1.82, 2.24) is 24.9 Å². The Hall–Kier alpha value is -1.63. The second-order valence-corrected chi connectivity index (χ2v) is 6.97. The third-order valence-corrected chi connectivity index (χ3v) is 5.53. The normalized spacial score (nSPS) is 15.8. The predicted molar refractivity (Wildman–Crippen MR) is 91.4 cm³/mol. The van der Waals surface area contributed by atoms with Crippen molar-refractivity contribution in [1.29, 1.82) is 0 Å². The van der Waals surface area contributed by atoms with Crippen LogP contribution in [0, 0.1) is 13.8 Å². The molecular formula is C16H22BrN5O. The van der Waals surface area contributed by atoms with Gasteiger partial charge in [0.25, 0.3) is 5.91 Å². The number of nitrogens with one attached hydrogen (secondary N) is 1. The number of carbonyl (C=O) groups is 1. The summed E-state index contributed by atoms with van der Waals surface area (Å²) in [5.41, 5.74) is 2.47. The van der Waals surface area contributed by atoms with Crippen molar-refractivity contribution in [3.8, 4) is 0 Å². The van der Waals surface area contributed by atoms with E-state index in [0.29, 0.717) is 18.4 Å². The smallest absolute Gasteiger partial charge is 0.271 e. The number of halogens is 1. The molecule has 0 aromatic carbocycles. The molecule has 2 aromatic rings. The van der Waals surface area contributed by atoms with Gasteiger partial charge in [-0.3, -0.25) is 9.48 Å². The molecule has 0 aliphatic heterocycles. The molecule has 124 valence electrons. The number of carbonyl (C=O) groups excluding carboxylic acids is 1. The van der Waals surface area contributed by atoms with Gasteiger partial charge in [0.2, 0.25) is 0 Å². The van der Waals surface area contributed by atoms with Crippen LogP contribution in [0.2, 0.25) is 0 Å². The molecule has 23 heavy (non-hydrogen) atoms. The summed E-state index contributed by atoms with van der Waals surface area (Å²) < 4.78 is 4.62. The van der Waals surface area contributed by atoms with Crippen molar-refractivity contribution in [3.63, 3.8) is 0 Å². The average Bonchev–Trinajstić information content (AvgIpc) is 3.10. The SMILES string of the molecule is Cc1nn(Cn2ccc(C(=O)NC3CCCCC3)n2)c(C)c1Br. The van der Waals surface area contributed by atoms with Crippen LogP contribution in [0.3, 0.4) is 0 Å². The highest BCUT2D eigenvalue weighted by Gasteiger charge is 2.18. The van der Waals surface area contributed by atoms with Gasteiger partial charge in [-0.1, -0.05) is 19.3 Å². The molecule has 0 saturated heterocycles. The summed E-state index contributed by atoms with van der Waals surface area (Å²) in [6, 6.07) is 2.06. The van der Waals surface area contributed by atoms with Gasteiger partial charge in [-0.25, -0.2) is 4.68 Å². The van der Waals surface area contributed by atoms with Crippen molar-refractivity contribution in [2.75, 3.05) is 0 Å². The number of amides is 1. The van der Waals surface area contributed by atoms with E-state index in [0.717, 1.165) is 28.7 Å². The van der Waals surface area contributed by atoms with E-state index in [9.17, 15) is 4.79 Å². The topological polar surface area (TPSA) is 64.7 Å². The summed E-state index contributed by atoms with van der Waals surface area (Å²) in [6.45, 7) is 4.46. The summed E-state index contributed by atoms with van der Waals surface area (Å²) in [5.74, 6) is -0.0785. The maximum Gasteiger partial charge on any atom is 0.271 e. The molecule has 0 unspecified atom stereocenters. The zero-order valence-corrected chi connectivity index (χ0v) is 15.1. The highest BCUT2D eigenvalue weighted by molar-refractivity contribution is 9.10. The Kier molecular flexibility index (Phi) is 4.84. The molecule has 0 bridgehead atoms. The molecule has 1 aliphatic carbocycles. The van der Waals surface area contributed by atoms with Crippen molar-refractivity contribution < 1.29 is 4.79 Å². The van der Waals surface area contributed by atoms with Crippen LogP contribution in [0.4, 0.5) is 0 Å². The lowest BCUT2D eigenvalue weighted by Gasteiger charge is -2.22. The number of hydrogen-bond acceptors (Lipinski definition) is 3. The molecule has 1 amide bonds. The number of aryl methyl sites for hydroxylation is 1. The Morgan fingerprint density at radius 1 is 1.30 bits per heavy atom. The maximum absolute atomic E-state index is 12.3. The summed E-state index contributed by atoms with van der Waals surface area (Å²) in [4.78, 5) is 12.3. The first-order chi connectivity index (χ1) is 11.0. The summed E-state index contributed by atoms with van der Waals surface area (Å²) in [6.07, 6.45) is 7.65. The second-order valence-electron chi connectivity index (χ2n) is 6.17. The fraction of sp³-hybridized carbons (Fsp3) is 0.562. The Labute approximate surface area is 144 Å². The average molecular weight is 380 g/mol. The van der Waals surface area contributed by atoms with E-state index in [1.807, 2.05) is 24.7 Å². The first-order valence-electron chi connectivity index (χ1n) is 8.08. The fourth-order valence-corrected chi connectivity index (χ4v) is 3.30.